The molecule has 4 nitrogen and oxygen atoms in total. The second-order valence-electron chi connectivity index (χ2n) is 8.64. The van der Waals surface area contributed by atoms with Crippen LogP contribution in [-0.4, -0.2) is 14.2 Å². The zero-order chi connectivity index (χ0) is 16.2. The average molecular weight is 313 g/mol. The summed E-state index contributed by atoms with van der Waals surface area (Å²) in [5.41, 5.74) is 1.76. The third-order valence-electron chi connectivity index (χ3n) is 6.00. The molecule has 0 aromatic carbocycles. The van der Waals surface area contributed by atoms with E-state index in [1.807, 2.05) is 23.0 Å². The summed E-state index contributed by atoms with van der Waals surface area (Å²) in [6, 6.07) is 1.96. The second-order valence-corrected chi connectivity index (χ2v) is 8.64. The molecule has 0 amide bonds. The van der Waals surface area contributed by atoms with Crippen molar-refractivity contribution < 1.29 is 0 Å². The zero-order valence-corrected chi connectivity index (χ0v) is 14.5. The fourth-order valence-corrected chi connectivity index (χ4v) is 4.53. The smallest absolute Gasteiger partial charge is 0.276 e. The van der Waals surface area contributed by atoms with Gasteiger partial charge < -0.3 is 4.57 Å². The molecule has 3 aliphatic carbocycles. The molecule has 2 heterocycles. The van der Waals surface area contributed by atoms with Gasteiger partial charge in [0.2, 0.25) is 0 Å². The number of hydrogen-bond acceptors (Lipinski definition) is 2. The molecule has 0 radical (unpaired) electrons. The first-order valence-corrected chi connectivity index (χ1v) is 9.01. The minimum absolute atomic E-state index is 0.0359. The first kappa shape index (κ1) is 15.0. The highest BCUT2D eigenvalue weighted by molar-refractivity contribution is 5.46. The molecule has 124 valence electrons. The quantitative estimate of drug-likeness (QED) is 0.849. The molecule has 2 aromatic heterocycles. The van der Waals surface area contributed by atoms with Crippen LogP contribution in [0.1, 0.15) is 58.6 Å². The Labute approximate surface area is 137 Å². The van der Waals surface area contributed by atoms with Crippen molar-refractivity contribution in [3.05, 3.63) is 34.5 Å². The summed E-state index contributed by atoms with van der Waals surface area (Å²) in [7, 11) is 0. The van der Waals surface area contributed by atoms with E-state index in [1.165, 1.54) is 32.1 Å². The molecule has 2 aromatic rings. The molecule has 23 heavy (non-hydrogen) atoms. The minimum atomic E-state index is -0.0359. The van der Waals surface area contributed by atoms with Gasteiger partial charge in [0.05, 0.1) is 5.69 Å². The second kappa shape index (κ2) is 5.22. The van der Waals surface area contributed by atoms with Crippen LogP contribution in [0.25, 0.3) is 5.52 Å². The molecule has 0 spiro atoms. The maximum atomic E-state index is 12.9. The third-order valence-corrected chi connectivity index (χ3v) is 6.00. The van der Waals surface area contributed by atoms with Crippen molar-refractivity contribution in [3.63, 3.8) is 0 Å². The number of rotatable bonds is 2. The fourth-order valence-electron chi connectivity index (χ4n) is 4.53. The molecule has 1 atom stereocenters. The van der Waals surface area contributed by atoms with Crippen LogP contribution in [0.5, 0.6) is 0 Å². The van der Waals surface area contributed by atoms with Gasteiger partial charge in [-0.1, -0.05) is 33.6 Å². The van der Waals surface area contributed by atoms with E-state index >= 15 is 0 Å². The van der Waals surface area contributed by atoms with Gasteiger partial charge >= 0.3 is 0 Å². The largest absolute Gasteiger partial charge is 0.312 e. The van der Waals surface area contributed by atoms with E-state index in [9.17, 15) is 4.79 Å². The van der Waals surface area contributed by atoms with Crippen LogP contribution < -0.4 is 5.56 Å². The van der Waals surface area contributed by atoms with Gasteiger partial charge in [0.15, 0.2) is 0 Å². The van der Waals surface area contributed by atoms with Gasteiger partial charge in [0.1, 0.15) is 5.52 Å². The Balaban J connectivity index is 1.66. The summed E-state index contributed by atoms with van der Waals surface area (Å²) >= 11 is 0. The lowest BCUT2D eigenvalue weighted by Gasteiger charge is -2.42. The molecule has 3 saturated carbocycles. The fraction of sp³-hybridized carbons (Fsp3) is 0.684. The predicted molar refractivity (Wildman–Crippen MR) is 91.7 cm³/mol. The Morgan fingerprint density at radius 3 is 2.52 bits per heavy atom. The van der Waals surface area contributed by atoms with Crippen LogP contribution in [0.15, 0.2) is 23.3 Å². The van der Waals surface area contributed by atoms with Crippen molar-refractivity contribution >= 4 is 5.52 Å². The van der Waals surface area contributed by atoms with Crippen LogP contribution in [0.3, 0.4) is 0 Å². The van der Waals surface area contributed by atoms with E-state index in [4.69, 9.17) is 0 Å². The Hall–Kier alpha value is -1.58. The van der Waals surface area contributed by atoms with Crippen LogP contribution in [0, 0.1) is 17.8 Å². The molecular weight excluding hydrogens is 286 g/mol. The van der Waals surface area contributed by atoms with Crippen molar-refractivity contribution in [2.24, 2.45) is 17.8 Å². The molecule has 0 aliphatic heterocycles. The van der Waals surface area contributed by atoms with Crippen molar-refractivity contribution in [1.82, 2.24) is 14.2 Å². The lowest BCUT2D eigenvalue weighted by atomic mass is 9.65. The van der Waals surface area contributed by atoms with Crippen LogP contribution in [-0.2, 0) is 12.0 Å². The molecule has 1 unspecified atom stereocenters. The Morgan fingerprint density at radius 1 is 1.17 bits per heavy atom. The summed E-state index contributed by atoms with van der Waals surface area (Å²) < 4.78 is 3.67. The monoisotopic (exact) mass is 313 g/mol. The molecule has 4 heteroatoms. The molecule has 0 saturated heterocycles. The summed E-state index contributed by atoms with van der Waals surface area (Å²) in [5, 5.41) is 4.57. The van der Waals surface area contributed by atoms with Crippen molar-refractivity contribution in [2.75, 3.05) is 0 Å². The lowest BCUT2D eigenvalue weighted by Crippen LogP contribution is -2.36. The van der Waals surface area contributed by atoms with Crippen LogP contribution in [0.2, 0.25) is 0 Å². The standard InChI is InChI=1S/C19H27N3O/c1-19(2,3)17-11-16-18(23)21(8-9-22(16)20-17)12-15-10-13-4-6-14(15)7-5-13/h8-9,11,13-15H,4-7,10,12H2,1-3H3. The van der Waals surface area contributed by atoms with E-state index in [2.05, 4.69) is 25.9 Å². The highest BCUT2D eigenvalue weighted by atomic mass is 16.1. The molecule has 2 bridgehead atoms. The first-order chi connectivity index (χ1) is 10.9. The van der Waals surface area contributed by atoms with Crippen molar-refractivity contribution in [2.45, 2.75) is 64.8 Å². The summed E-state index contributed by atoms with van der Waals surface area (Å²) in [4.78, 5) is 12.9. The van der Waals surface area contributed by atoms with Gasteiger partial charge in [0, 0.05) is 24.4 Å². The summed E-state index contributed by atoms with van der Waals surface area (Å²) in [6.07, 6.45) is 10.7. The van der Waals surface area contributed by atoms with Gasteiger partial charge in [0.25, 0.3) is 5.56 Å². The van der Waals surface area contributed by atoms with Crippen LogP contribution in [0.4, 0.5) is 0 Å². The number of aromatic nitrogens is 3. The topological polar surface area (TPSA) is 39.3 Å². The highest BCUT2D eigenvalue weighted by Gasteiger charge is 2.35. The number of fused-ring (bicyclic) bond motifs is 4. The molecular formula is C19H27N3O. The third kappa shape index (κ3) is 2.62. The van der Waals surface area contributed by atoms with Gasteiger partial charge in [-0.25, -0.2) is 4.52 Å². The number of nitrogens with zero attached hydrogens (tertiary/aromatic N) is 3. The molecule has 3 fully saturated rings. The van der Waals surface area contributed by atoms with E-state index in [-0.39, 0.29) is 11.0 Å². The van der Waals surface area contributed by atoms with Gasteiger partial charge in [-0.3, -0.25) is 4.79 Å². The average Bonchev–Trinajstić information content (AvgIpc) is 2.97. The van der Waals surface area contributed by atoms with Gasteiger partial charge in [-0.05, 0) is 43.1 Å². The molecule has 3 aliphatic rings. The Bertz CT molecular complexity index is 772. The van der Waals surface area contributed by atoms with Crippen molar-refractivity contribution in [3.8, 4) is 0 Å². The minimum Gasteiger partial charge on any atom is -0.312 e. The Morgan fingerprint density at radius 2 is 1.91 bits per heavy atom. The van der Waals surface area contributed by atoms with E-state index in [1.54, 1.807) is 4.52 Å². The highest BCUT2D eigenvalue weighted by Crippen LogP contribution is 2.45. The predicted octanol–water partition coefficient (Wildman–Crippen LogP) is 3.62. The maximum absolute atomic E-state index is 12.9. The number of hydrogen-bond donors (Lipinski definition) is 0. The Kier molecular flexibility index (Phi) is 3.40. The summed E-state index contributed by atoms with van der Waals surface area (Å²) in [6.45, 7) is 7.27. The van der Waals surface area contributed by atoms with E-state index < -0.39 is 0 Å². The maximum Gasteiger partial charge on any atom is 0.276 e. The molecule has 0 N–H and O–H groups in total. The van der Waals surface area contributed by atoms with Crippen LogP contribution >= 0.6 is 0 Å². The van der Waals surface area contributed by atoms with E-state index in [0.717, 1.165) is 24.1 Å². The first-order valence-electron chi connectivity index (χ1n) is 9.01. The van der Waals surface area contributed by atoms with Gasteiger partial charge in [-0.2, -0.15) is 5.10 Å². The normalized spacial score (nSPS) is 27.7. The SMILES string of the molecule is CC(C)(C)c1cc2c(=O)n(CC3CC4CCC3CC4)ccn2n1. The van der Waals surface area contributed by atoms with Gasteiger partial charge in [-0.15, -0.1) is 0 Å². The zero-order valence-electron chi connectivity index (χ0n) is 14.5. The van der Waals surface area contributed by atoms with Crippen molar-refractivity contribution in [1.29, 1.82) is 0 Å². The molecule has 5 rings (SSSR count). The lowest BCUT2D eigenvalue weighted by molar-refractivity contribution is 0.0862. The summed E-state index contributed by atoms with van der Waals surface area (Å²) in [5.74, 6) is 2.43. The van der Waals surface area contributed by atoms with E-state index in [0.29, 0.717) is 11.4 Å².